The fraction of sp³-hybridized carbons (Fsp3) is 0.500. The first-order chi connectivity index (χ1) is 7.04. The highest BCUT2D eigenvalue weighted by Gasteiger charge is 2.15. The SMILES string of the molecule is CCC(Nc1ncc(F)cc1F)C(C)Cl. The number of pyridine rings is 1. The second-order valence-corrected chi connectivity index (χ2v) is 4.01. The molecule has 0 aliphatic carbocycles. The van der Waals surface area contributed by atoms with Crippen molar-refractivity contribution in [2.45, 2.75) is 31.7 Å². The van der Waals surface area contributed by atoms with Crippen LogP contribution >= 0.6 is 11.6 Å². The monoisotopic (exact) mass is 234 g/mol. The van der Waals surface area contributed by atoms with Crippen LogP contribution in [0.25, 0.3) is 0 Å². The molecule has 1 rings (SSSR count). The Morgan fingerprint density at radius 1 is 1.53 bits per heavy atom. The van der Waals surface area contributed by atoms with Gasteiger partial charge in [-0.2, -0.15) is 0 Å². The first-order valence-corrected chi connectivity index (χ1v) is 5.20. The van der Waals surface area contributed by atoms with E-state index in [-0.39, 0.29) is 17.2 Å². The number of aromatic nitrogens is 1. The highest BCUT2D eigenvalue weighted by molar-refractivity contribution is 6.21. The summed E-state index contributed by atoms with van der Waals surface area (Å²) in [6.45, 7) is 3.74. The van der Waals surface area contributed by atoms with E-state index in [2.05, 4.69) is 10.3 Å². The zero-order chi connectivity index (χ0) is 11.4. The van der Waals surface area contributed by atoms with Gasteiger partial charge in [-0.05, 0) is 13.3 Å². The van der Waals surface area contributed by atoms with Crippen molar-refractivity contribution in [1.29, 1.82) is 0 Å². The topological polar surface area (TPSA) is 24.9 Å². The summed E-state index contributed by atoms with van der Waals surface area (Å²) in [7, 11) is 0. The number of nitrogens with one attached hydrogen (secondary N) is 1. The van der Waals surface area contributed by atoms with E-state index in [0.717, 1.165) is 18.7 Å². The summed E-state index contributed by atoms with van der Waals surface area (Å²) in [5.41, 5.74) is 0. The van der Waals surface area contributed by atoms with Crippen LogP contribution in [0.2, 0.25) is 0 Å². The quantitative estimate of drug-likeness (QED) is 0.810. The summed E-state index contributed by atoms with van der Waals surface area (Å²) in [5.74, 6) is -1.36. The normalized spacial score (nSPS) is 14.7. The second kappa shape index (κ2) is 5.26. The molecular formula is C10H13ClF2N2. The van der Waals surface area contributed by atoms with E-state index in [0.29, 0.717) is 0 Å². The van der Waals surface area contributed by atoms with Gasteiger partial charge in [0.25, 0.3) is 0 Å². The molecule has 0 radical (unpaired) electrons. The maximum absolute atomic E-state index is 13.2. The van der Waals surface area contributed by atoms with Crippen molar-refractivity contribution in [2.24, 2.45) is 0 Å². The molecule has 84 valence electrons. The lowest BCUT2D eigenvalue weighted by molar-refractivity contribution is 0.570. The Balaban J connectivity index is 2.79. The summed E-state index contributed by atoms with van der Waals surface area (Å²) < 4.78 is 25.8. The molecule has 0 bridgehead atoms. The Labute approximate surface area is 92.7 Å². The van der Waals surface area contributed by atoms with E-state index < -0.39 is 11.6 Å². The number of nitrogens with zero attached hydrogens (tertiary/aromatic N) is 1. The molecule has 0 amide bonds. The number of halogens is 3. The molecular weight excluding hydrogens is 222 g/mol. The molecule has 0 spiro atoms. The number of hydrogen-bond acceptors (Lipinski definition) is 2. The van der Waals surface area contributed by atoms with Gasteiger partial charge in [0.2, 0.25) is 0 Å². The molecule has 1 aromatic heterocycles. The van der Waals surface area contributed by atoms with Gasteiger partial charge in [-0.3, -0.25) is 0 Å². The Bertz CT molecular complexity index is 331. The molecule has 0 saturated carbocycles. The lowest BCUT2D eigenvalue weighted by Gasteiger charge is -2.19. The molecule has 0 aliphatic rings. The average Bonchev–Trinajstić information content (AvgIpc) is 2.16. The van der Waals surface area contributed by atoms with Gasteiger partial charge < -0.3 is 5.32 Å². The molecule has 1 aromatic rings. The zero-order valence-corrected chi connectivity index (χ0v) is 9.35. The van der Waals surface area contributed by atoms with Crippen LogP contribution in [-0.4, -0.2) is 16.4 Å². The maximum atomic E-state index is 13.2. The first kappa shape index (κ1) is 12.2. The Morgan fingerprint density at radius 3 is 2.67 bits per heavy atom. The third kappa shape index (κ3) is 3.30. The Kier molecular flexibility index (Phi) is 4.27. The van der Waals surface area contributed by atoms with Crippen LogP contribution in [0.5, 0.6) is 0 Å². The van der Waals surface area contributed by atoms with Crippen molar-refractivity contribution in [3.63, 3.8) is 0 Å². The summed E-state index contributed by atoms with van der Waals surface area (Å²) in [6.07, 6.45) is 1.71. The minimum Gasteiger partial charge on any atom is -0.363 e. The van der Waals surface area contributed by atoms with Gasteiger partial charge in [0.1, 0.15) is 5.82 Å². The molecule has 0 saturated heterocycles. The maximum Gasteiger partial charge on any atom is 0.168 e. The fourth-order valence-electron chi connectivity index (χ4n) is 1.24. The van der Waals surface area contributed by atoms with Gasteiger partial charge in [0, 0.05) is 12.1 Å². The minimum atomic E-state index is -0.703. The molecule has 2 atom stereocenters. The van der Waals surface area contributed by atoms with Crippen LogP contribution in [-0.2, 0) is 0 Å². The van der Waals surface area contributed by atoms with Gasteiger partial charge in [0.05, 0.1) is 11.6 Å². The number of hydrogen-bond donors (Lipinski definition) is 1. The third-order valence-corrected chi connectivity index (χ3v) is 2.43. The Hall–Kier alpha value is -0.900. The predicted molar refractivity (Wildman–Crippen MR) is 57.2 cm³/mol. The van der Waals surface area contributed by atoms with E-state index in [4.69, 9.17) is 11.6 Å². The summed E-state index contributed by atoms with van der Waals surface area (Å²) in [6, 6.07) is 0.708. The standard InChI is InChI=1S/C10H13ClF2N2/c1-3-9(6(2)11)15-10-8(13)4-7(12)5-14-10/h4-6,9H,3H2,1-2H3,(H,14,15). The van der Waals surface area contributed by atoms with E-state index in [9.17, 15) is 8.78 Å². The lowest BCUT2D eigenvalue weighted by Crippen LogP contribution is -2.28. The first-order valence-electron chi connectivity index (χ1n) is 4.76. The smallest absolute Gasteiger partial charge is 0.168 e. The number of anilines is 1. The van der Waals surface area contributed by atoms with Crippen molar-refractivity contribution in [3.8, 4) is 0 Å². The summed E-state index contributed by atoms with van der Waals surface area (Å²) in [5, 5.41) is 2.69. The molecule has 1 heterocycles. The molecule has 2 nitrogen and oxygen atoms in total. The average molecular weight is 235 g/mol. The van der Waals surface area contributed by atoms with Crippen LogP contribution in [0.1, 0.15) is 20.3 Å². The van der Waals surface area contributed by atoms with Gasteiger partial charge in [-0.25, -0.2) is 13.8 Å². The van der Waals surface area contributed by atoms with Crippen LogP contribution in [0.3, 0.4) is 0 Å². The summed E-state index contributed by atoms with van der Waals surface area (Å²) in [4.78, 5) is 3.63. The third-order valence-electron chi connectivity index (χ3n) is 2.12. The fourth-order valence-corrected chi connectivity index (χ4v) is 1.48. The molecule has 5 heteroatoms. The highest BCUT2D eigenvalue weighted by atomic mass is 35.5. The largest absolute Gasteiger partial charge is 0.363 e. The highest BCUT2D eigenvalue weighted by Crippen LogP contribution is 2.16. The van der Waals surface area contributed by atoms with Gasteiger partial charge in [-0.1, -0.05) is 6.92 Å². The van der Waals surface area contributed by atoms with Crippen LogP contribution in [0.15, 0.2) is 12.3 Å². The molecule has 0 fully saturated rings. The van der Waals surface area contributed by atoms with E-state index in [1.165, 1.54) is 0 Å². The van der Waals surface area contributed by atoms with Gasteiger partial charge in [-0.15, -0.1) is 11.6 Å². The zero-order valence-electron chi connectivity index (χ0n) is 8.60. The van der Waals surface area contributed by atoms with Crippen LogP contribution < -0.4 is 5.32 Å². The van der Waals surface area contributed by atoms with Gasteiger partial charge >= 0.3 is 0 Å². The van der Waals surface area contributed by atoms with Crippen LogP contribution in [0, 0.1) is 11.6 Å². The van der Waals surface area contributed by atoms with Gasteiger partial charge in [0.15, 0.2) is 11.6 Å². The molecule has 0 aliphatic heterocycles. The molecule has 15 heavy (non-hydrogen) atoms. The minimum absolute atomic E-state index is 0.0377. The van der Waals surface area contributed by atoms with Crippen molar-refractivity contribution >= 4 is 17.4 Å². The van der Waals surface area contributed by atoms with Crippen molar-refractivity contribution in [1.82, 2.24) is 4.98 Å². The lowest BCUT2D eigenvalue weighted by atomic mass is 10.1. The van der Waals surface area contributed by atoms with E-state index in [1.807, 2.05) is 13.8 Å². The number of alkyl halides is 1. The molecule has 0 aromatic carbocycles. The molecule has 2 unspecified atom stereocenters. The van der Waals surface area contributed by atoms with Crippen molar-refractivity contribution < 1.29 is 8.78 Å². The number of rotatable bonds is 4. The van der Waals surface area contributed by atoms with E-state index in [1.54, 1.807) is 0 Å². The summed E-state index contributed by atoms with van der Waals surface area (Å²) >= 11 is 5.89. The van der Waals surface area contributed by atoms with Crippen LogP contribution in [0.4, 0.5) is 14.6 Å². The van der Waals surface area contributed by atoms with Crippen molar-refractivity contribution in [3.05, 3.63) is 23.9 Å². The predicted octanol–water partition coefficient (Wildman–Crippen LogP) is 3.18. The second-order valence-electron chi connectivity index (χ2n) is 3.32. The van der Waals surface area contributed by atoms with Crippen molar-refractivity contribution in [2.75, 3.05) is 5.32 Å². The molecule has 1 N–H and O–H groups in total. The van der Waals surface area contributed by atoms with E-state index >= 15 is 0 Å². The Morgan fingerprint density at radius 2 is 2.20 bits per heavy atom.